The van der Waals surface area contributed by atoms with E-state index in [0.29, 0.717) is 24.3 Å². The predicted octanol–water partition coefficient (Wildman–Crippen LogP) is 1.39. The third-order valence-electron chi connectivity index (χ3n) is 3.15. The van der Waals surface area contributed by atoms with Gasteiger partial charge in [0.05, 0.1) is 18.6 Å². The van der Waals surface area contributed by atoms with Gasteiger partial charge in [0.1, 0.15) is 5.75 Å². The van der Waals surface area contributed by atoms with Crippen molar-refractivity contribution in [3.05, 3.63) is 24.3 Å². The Hall–Kier alpha value is -1.76. The highest BCUT2D eigenvalue weighted by atomic mass is 32.2. The Labute approximate surface area is 118 Å². The predicted molar refractivity (Wildman–Crippen MR) is 76.8 cm³/mol. The van der Waals surface area contributed by atoms with Crippen LogP contribution in [-0.2, 0) is 9.84 Å². The summed E-state index contributed by atoms with van der Waals surface area (Å²) in [6.45, 7) is 0. The summed E-state index contributed by atoms with van der Waals surface area (Å²) >= 11 is 0. The number of nitrogens with one attached hydrogen (secondary N) is 2. The van der Waals surface area contributed by atoms with Crippen LogP contribution in [0.3, 0.4) is 0 Å². The molecule has 2 N–H and O–H groups in total. The lowest BCUT2D eigenvalue weighted by Crippen LogP contribution is -2.44. The molecule has 0 spiro atoms. The molecule has 1 saturated heterocycles. The standard InChI is InChI=1S/C13H18N2O4S/c1-19-12-6-4-10(5-7-12)14-13(16)15-11-3-2-8-20(17,18)9-11/h4-7,11H,2-3,8-9H2,1H3,(H2,14,15,16)/t11-/m1/s1. The Balaban J connectivity index is 1.88. The Morgan fingerprint density at radius 1 is 1.30 bits per heavy atom. The van der Waals surface area contributed by atoms with Crippen LogP contribution in [0.5, 0.6) is 5.75 Å². The van der Waals surface area contributed by atoms with Gasteiger partial charge >= 0.3 is 6.03 Å². The topological polar surface area (TPSA) is 84.5 Å². The van der Waals surface area contributed by atoms with Crippen molar-refractivity contribution >= 4 is 21.6 Å². The van der Waals surface area contributed by atoms with Crippen molar-refractivity contribution in [3.63, 3.8) is 0 Å². The fourth-order valence-corrected chi connectivity index (χ4v) is 3.80. The van der Waals surface area contributed by atoms with E-state index in [0.717, 1.165) is 0 Å². The lowest BCUT2D eigenvalue weighted by atomic mass is 10.2. The normalized spacial score (nSPS) is 20.9. The van der Waals surface area contributed by atoms with Gasteiger partial charge in [-0.3, -0.25) is 0 Å². The Morgan fingerprint density at radius 2 is 2.00 bits per heavy atom. The lowest BCUT2D eigenvalue weighted by molar-refractivity contribution is 0.248. The van der Waals surface area contributed by atoms with Gasteiger partial charge in [-0.1, -0.05) is 0 Å². The molecule has 0 bridgehead atoms. The molecule has 0 unspecified atom stereocenters. The molecule has 20 heavy (non-hydrogen) atoms. The maximum Gasteiger partial charge on any atom is 0.319 e. The third-order valence-corrected chi connectivity index (χ3v) is 4.97. The molecule has 1 aliphatic heterocycles. The van der Waals surface area contributed by atoms with Gasteiger partial charge in [-0.15, -0.1) is 0 Å². The van der Waals surface area contributed by atoms with Gasteiger partial charge in [0.2, 0.25) is 0 Å². The largest absolute Gasteiger partial charge is 0.497 e. The highest BCUT2D eigenvalue weighted by Crippen LogP contribution is 2.15. The average molecular weight is 298 g/mol. The SMILES string of the molecule is COc1ccc(NC(=O)N[C@@H]2CCCS(=O)(=O)C2)cc1. The number of methoxy groups -OCH3 is 1. The van der Waals surface area contributed by atoms with E-state index >= 15 is 0 Å². The minimum atomic E-state index is -3.02. The molecule has 2 amide bonds. The molecule has 1 aromatic rings. The zero-order valence-electron chi connectivity index (χ0n) is 11.3. The van der Waals surface area contributed by atoms with Crippen LogP contribution in [0.4, 0.5) is 10.5 Å². The van der Waals surface area contributed by atoms with Crippen LogP contribution in [0.15, 0.2) is 24.3 Å². The molecule has 1 aromatic carbocycles. The smallest absolute Gasteiger partial charge is 0.319 e. The molecular formula is C13H18N2O4S. The summed E-state index contributed by atoms with van der Waals surface area (Å²) in [7, 11) is -1.45. The van der Waals surface area contributed by atoms with Gasteiger partial charge in [-0.2, -0.15) is 0 Å². The van der Waals surface area contributed by atoms with Crippen molar-refractivity contribution in [3.8, 4) is 5.75 Å². The van der Waals surface area contributed by atoms with Crippen molar-refractivity contribution in [2.45, 2.75) is 18.9 Å². The molecule has 0 radical (unpaired) electrons. The molecule has 1 fully saturated rings. The summed E-state index contributed by atoms with van der Waals surface area (Å²) in [6, 6.07) is 6.21. The number of ether oxygens (including phenoxy) is 1. The summed E-state index contributed by atoms with van der Waals surface area (Å²) in [6.07, 6.45) is 1.28. The number of carbonyl (C=O) groups is 1. The number of carbonyl (C=O) groups excluding carboxylic acids is 1. The number of benzene rings is 1. The Bertz CT molecular complexity index is 569. The molecular weight excluding hydrogens is 280 g/mol. The van der Waals surface area contributed by atoms with Crippen molar-refractivity contribution in [2.75, 3.05) is 23.9 Å². The van der Waals surface area contributed by atoms with Crippen LogP contribution in [0.1, 0.15) is 12.8 Å². The molecule has 1 heterocycles. The maximum atomic E-state index is 11.8. The fourth-order valence-electron chi connectivity index (χ4n) is 2.16. The summed E-state index contributed by atoms with van der Waals surface area (Å²) in [5.41, 5.74) is 0.627. The second kappa shape index (κ2) is 6.13. The quantitative estimate of drug-likeness (QED) is 0.883. The van der Waals surface area contributed by atoms with Crippen molar-refractivity contribution in [2.24, 2.45) is 0 Å². The number of rotatable bonds is 3. The molecule has 0 aliphatic carbocycles. The molecule has 1 atom stereocenters. The first-order chi connectivity index (χ1) is 9.48. The molecule has 0 aromatic heterocycles. The number of sulfone groups is 1. The Morgan fingerprint density at radius 3 is 2.60 bits per heavy atom. The van der Waals surface area contributed by atoms with Crippen LogP contribution >= 0.6 is 0 Å². The summed E-state index contributed by atoms with van der Waals surface area (Å²) in [5, 5.41) is 5.36. The average Bonchev–Trinajstić information content (AvgIpc) is 2.38. The summed E-state index contributed by atoms with van der Waals surface area (Å²) in [4.78, 5) is 11.8. The van der Waals surface area contributed by atoms with Crippen LogP contribution in [0.2, 0.25) is 0 Å². The summed E-state index contributed by atoms with van der Waals surface area (Å²) < 4.78 is 28.0. The van der Waals surface area contributed by atoms with Crippen molar-refractivity contribution in [1.29, 1.82) is 0 Å². The van der Waals surface area contributed by atoms with Crippen LogP contribution in [-0.4, -0.2) is 39.1 Å². The maximum absolute atomic E-state index is 11.8. The second-order valence-corrected chi connectivity index (χ2v) is 7.01. The van der Waals surface area contributed by atoms with Crippen LogP contribution < -0.4 is 15.4 Å². The van der Waals surface area contributed by atoms with Gasteiger partial charge in [0.15, 0.2) is 9.84 Å². The van der Waals surface area contributed by atoms with Gasteiger partial charge in [0.25, 0.3) is 0 Å². The molecule has 110 valence electrons. The van der Waals surface area contributed by atoms with E-state index in [4.69, 9.17) is 4.74 Å². The van der Waals surface area contributed by atoms with E-state index in [1.807, 2.05) is 0 Å². The van der Waals surface area contributed by atoms with Gasteiger partial charge in [-0.25, -0.2) is 13.2 Å². The number of hydrogen-bond acceptors (Lipinski definition) is 4. The number of amides is 2. The first-order valence-electron chi connectivity index (χ1n) is 6.40. The van der Waals surface area contributed by atoms with Crippen molar-refractivity contribution in [1.82, 2.24) is 5.32 Å². The van der Waals surface area contributed by atoms with E-state index in [1.165, 1.54) is 0 Å². The highest BCUT2D eigenvalue weighted by molar-refractivity contribution is 7.91. The molecule has 0 saturated carbocycles. The minimum Gasteiger partial charge on any atom is -0.497 e. The Kier molecular flexibility index (Phi) is 4.49. The number of anilines is 1. The van der Waals surface area contributed by atoms with E-state index < -0.39 is 15.9 Å². The minimum absolute atomic E-state index is 0.0169. The highest BCUT2D eigenvalue weighted by Gasteiger charge is 2.25. The molecule has 1 aliphatic rings. The number of urea groups is 1. The summed E-state index contributed by atoms with van der Waals surface area (Å²) in [5.74, 6) is 0.934. The monoisotopic (exact) mass is 298 g/mol. The van der Waals surface area contributed by atoms with Crippen LogP contribution in [0.25, 0.3) is 0 Å². The molecule has 6 nitrogen and oxygen atoms in total. The molecule has 2 rings (SSSR count). The van der Waals surface area contributed by atoms with Gasteiger partial charge in [0, 0.05) is 11.7 Å². The second-order valence-electron chi connectivity index (χ2n) is 4.78. The van der Waals surface area contributed by atoms with Crippen molar-refractivity contribution < 1.29 is 17.9 Å². The lowest BCUT2D eigenvalue weighted by Gasteiger charge is -2.23. The number of hydrogen-bond donors (Lipinski definition) is 2. The van der Waals surface area contributed by atoms with E-state index in [1.54, 1.807) is 31.4 Å². The van der Waals surface area contributed by atoms with E-state index in [-0.39, 0.29) is 17.5 Å². The molecule has 7 heteroatoms. The van der Waals surface area contributed by atoms with E-state index in [2.05, 4.69) is 10.6 Å². The first-order valence-corrected chi connectivity index (χ1v) is 8.23. The van der Waals surface area contributed by atoms with E-state index in [9.17, 15) is 13.2 Å². The first kappa shape index (κ1) is 14.6. The van der Waals surface area contributed by atoms with Gasteiger partial charge in [-0.05, 0) is 37.1 Å². The zero-order valence-corrected chi connectivity index (χ0v) is 12.1. The van der Waals surface area contributed by atoms with Crippen LogP contribution in [0, 0.1) is 0 Å². The third kappa shape index (κ3) is 4.12. The zero-order chi connectivity index (χ0) is 14.6. The van der Waals surface area contributed by atoms with Gasteiger partial charge < -0.3 is 15.4 Å². The fraction of sp³-hybridized carbons (Fsp3) is 0.462.